The highest BCUT2D eigenvalue weighted by molar-refractivity contribution is 7.09. The third-order valence-electron chi connectivity index (χ3n) is 2.89. The van der Waals surface area contributed by atoms with Crippen LogP contribution in [0.5, 0.6) is 0 Å². The lowest BCUT2D eigenvalue weighted by Crippen LogP contribution is -2.13. The number of anilines is 1. The number of aromatic nitrogens is 2. The maximum absolute atomic E-state index is 5.58. The number of nitrogens with zero attached hydrogens (tertiary/aromatic N) is 2. The maximum Gasteiger partial charge on any atom is 0.202 e. The first-order valence-corrected chi connectivity index (χ1v) is 7.49. The van der Waals surface area contributed by atoms with Crippen molar-refractivity contribution >= 4 is 16.7 Å². The van der Waals surface area contributed by atoms with Gasteiger partial charge >= 0.3 is 0 Å². The van der Waals surface area contributed by atoms with E-state index in [2.05, 4.69) is 35.4 Å². The second kappa shape index (κ2) is 5.97. The molecule has 0 aromatic carbocycles. The summed E-state index contributed by atoms with van der Waals surface area (Å²) in [7, 11) is 0. The number of hydrogen-bond acceptors (Lipinski definition) is 5. The molecule has 102 valence electrons. The molecular formula is C13H23N3OS. The van der Waals surface area contributed by atoms with E-state index >= 15 is 0 Å². The van der Waals surface area contributed by atoms with Crippen LogP contribution in [0.4, 0.5) is 5.13 Å². The number of nitrogens with one attached hydrogen (secondary N) is 1. The van der Waals surface area contributed by atoms with Crippen LogP contribution in [0.1, 0.15) is 45.9 Å². The van der Waals surface area contributed by atoms with Crippen LogP contribution in [-0.2, 0) is 10.2 Å². The zero-order valence-electron chi connectivity index (χ0n) is 11.5. The van der Waals surface area contributed by atoms with Gasteiger partial charge in [-0.2, -0.15) is 4.37 Å². The Hall–Kier alpha value is -0.680. The molecule has 0 aliphatic heterocycles. The molecule has 1 aliphatic carbocycles. The van der Waals surface area contributed by atoms with Crippen LogP contribution in [0, 0.1) is 5.92 Å². The third kappa shape index (κ3) is 4.53. The first kappa shape index (κ1) is 13.7. The number of hydrogen-bond donors (Lipinski definition) is 1. The summed E-state index contributed by atoms with van der Waals surface area (Å²) in [5.74, 6) is 1.77. The summed E-state index contributed by atoms with van der Waals surface area (Å²) in [6.45, 7) is 9.09. The Kier molecular flexibility index (Phi) is 4.56. The van der Waals surface area contributed by atoms with Gasteiger partial charge < -0.3 is 10.1 Å². The lowest BCUT2D eigenvalue weighted by molar-refractivity contribution is 0.124. The van der Waals surface area contributed by atoms with E-state index < -0.39 is 0 Å². The topological polar surface area (TPSA) is 47.0 Å². The quantitative estimate of drug-likeness (QED) is 0.773. The van der Waals surface area contributed by atoms with Crippen molar-refractivity contribution in [3.8, 4) is 0 Å². The monoisotopic (exact) mass is 269 g/mol. The molecule has 4 nitrogen and oxygen atoms in total. The van der Waals surface area contributed by atoms with Gasteiger partial charge in [-0.3, -0.25) is 0 Å². The van der Waals surface area contributed by atoms with Crippen molar-refractivity contribution in [1.82, 2.24) is 9.36 Å². The van der Waals surface area contributed by atoms with E-state index in [-0.39, 0.29) is 5.41 Å². The molecule has 1 N–H and O–H groups in total. The molecular weight excluding hydrogens is 246 g/mol. The van der Waals surface area contributed by atoms with Crippen LogP contribution in [0.15, 0.2) is 0 Å². The van der Waals surface area contributed by atoms with E-state index in [1.54, 1.807) is 0 Å². The molecule has 0 unspecified atom stereocenters. The van der Waals surface area contributed by atoms with Gasteiger partial charge in [-0.05, 0) is 25.2 Å². The Bertz CT molecular complexity index is 369. The van der Waals surface area contributed by atoms with Gasteiger partial charge in [-0.25, -0.2) is 4.98 Å². The molecule has 1 heterocycles. The molecule has 0 spiro atoms. The van der Waals surface area contributed by atoms with E-state index in [1.807, 2.05) is 0 Å². The highest BCUT2D eigenvalue weighted by atomic mass is 32.1. The Morgan fingerprint density at radius 2 is 2.17 bits per heavy atom. The summed E-state index contributed by atoms with van der Waals surface area (Å²) < 4.78 is 9.95. The third-order valence-corrected chi connectivity index (χ3v) is 3.56. The average Bonchev–Trinajstić information content (AvgIpc) is 2.98. The predicted molar refractivity (Wildman–Crippen MR) is 75.3 cm³/mol. The largest absolute Gasteiger partial charge is 0.381 e. The van der Waals surface area contributed by atoms with E-state index in [1.165, 1.54) is 24.4 Å². The van der Waals surface area contributed by atoms with Crippen molar-refractivity contribution in [3.63, 3.8) is 0 Å². The fourth-order valence-electron chi connectivity index (χ4n) is 1.50. The molecule has 1 aromatic heterocycles. The normalized spacial score (nSPS) is 15.9. The molecule has 2 rings (SSSR count). The van der Waals surface area contributed by atoms with Crippen molar-refractivity contribution in [2.75, 3.05) is 25.1 Å². The van der Waals surface area contributed by atoms with Gasteiger partial charge in [0.2, 0.25) is 5.13 Å². The molecule has 5 heteroatoms. The average molecular weight is 269 g/mol. The van der Waals surface area contributed by atoms with Crippen LogP contribution in [0.2, 0.25) is 0 Å². The molecule has 1 aromatic rings. The fourth-order valence-corrected chi connectivity index (χ4v) is 2.29. The molecule has 18 heavy (non-hydrogen) atoms. The summed E-state index contributed by atoms with van der Waals surface area (Å²) in [6.07, 6.45) is 3.74. The molecule has 0 saturated heterocycles. The van der Waals surface area contributed by atoms with Gasteiger partial charge in [0, 0.05) is 36.7 Å². The SMILES string of the molecule is CC(C)(C)c1nsc(NCCCOCC2CC2)n1. The Balaban J connectivity index is 1.59. The van der Waals surface area contributed by atoms with Crippen molar-refractivity contribution in [2.24, 2.45) is 5.92 Å². The van der Waals surface area contributed by atoms with Crippen molar-refractivity contribution in [2.45, 2.75) is 45.4 Å². The van der Waals surface area contributed by atoms with Gasteiger partial charge in [0.15, 0.2) is 0 Å². The van der Waals surface area contributed by atoms with Crippen LogP contribution in [0.3, 0.4) is 0 Å². The van der Waals surface area contributed by atoms with Gasteiger partial charge in [-0.15, -0.1) is 0 Å². The zero-order valence-corrected chi connectivity index (χ0v) is 12.3. The van der Waals surface area contributed by atoms with Gasteiger partial charge in [0.05, 0.1) is 0 Å². The summed E-state index contributed by atoms with van der Waals surface area (Å²) in [4.78, 5) is 4.49. The summed E-state index contributed by atoms with van der Waals surface area (Å²) in [6, 6.07) is 0. The predicted octanol–water partition coefficient (Wildman–Crippen LogP) is 3.06. The number of rotatable bonds is 7. The molecule has 0 radical (unpaired) electrons. The highest BCUT2D eigenvalue weighted by Gasteiger charge is 2.21. The Morgan fingerprint density at radius 3 is 2.78 bits per heavy atom. The Labute approximate surface area is 113 Å². The Morgan fingerprint density at radius 1 is 1.39 bits per heavy atom. The van der Waals surface area contributed by atoms with E-state index in [4.69, 9.17) is 4.74 Å². The number of ether oxygens (including phenoxy) is 1. The van der Waals surface area contributed by atoms with Crippen LogP contribution in [0.25, 0.3) is 0 Å². The summed E-state index contributed by atoms with van der Waals surface area (Å²) >= 11 is 1.44. The maximum atomic E-state index is 5.58. The molecule has 1 saturated carbocycles. The summed E-state index contributed by atoms with van der Waals surface area (Å²) in [5.41, 5.74) is 0.0316. The standard InChI is InChI=1S/C13H23N3OS/c1-13(2,3)11-15-12(18-16-11)14-7-4-8-17-9-10-5-6-10/h10H,4-9H2,1-3H3,(H,14,15,16). The van der Waals surface area contributed by atoms with Crippen molar-refractivity contribution < 1.29 is 4.74 Å². The second-order valence-electron chi connectivity index (χ2n) is 5.97. The van der Waals surface area contributed by atoms with Crippen LogP contribution >= 0.6 is 11.5 Å². The fraction of sp³-hybridized carbons (Fsp3) is 0.846. The lowest BCUT2D eigenvalue weighted by atomic mass is 9.96. The molecule has 1 fully saturated rings. The minimum absolute atomic E-state index is 0.0316. The van der Waals surface area contributed by atoms with Crippen molar-refractivity contribution in [3.05, 3.63) is 5.82 Å². The first-order chi connectivity index (χ1) is 8.55. The van der Waals surface area contributed by atoms with Gasteiger partial charge in [-0.1, -0.05) is 20.8 Å². The lowest BCUT2D eigenvalue weighted by Gasteiger charge is -2.12. The van der Waals surface area contributed by atoms with Crippen molar-refractivity contribution in [1.29, 1.82) is 0 Å². The molecule has 1 aliphatic rings. The molecule has 0 amide bonds. The van der Waals surface area contributed by atoms with E-state index in [9.17, 15) is 0 Å². The zero-order chi connectivity index (χ0) is 13.0. The van der Waals surface area contributed by atoms with E-state index in [0.717, 1.165) is 43.1 Å². The molecule has 0 atom stereocenters. The minimum Gasteiger partial charge on any atom is -0.381 e. The summed E-state index contributed by atoms with van der Waals surface area (Å²) in [5, 5.41) is 4.22. The second-order valence-corrected chi connectivity index (χ2v) is 6.72. The van der Waals surface area contributed by atoms with Gasteiger partial charge in [0.25, 0.3) is 0 Å². The minimum atomic E-state index is 0.0316. The smallest absolute Gasteiger partial charge is 0.202 e. The molecule has 0 bridgehead atoms. The van der Waals surface area contributed by atoms with Gasteiger partial charge in [0.1, 0.15) is 5.82 Å². The van der Waals surface area contributed by atoms with Crippen LogP contribution in [-0.4, -0.2) is 29.1 Å². The van der Waals surface area contributed by atoms with E-state index in [0.29, 0.717) is 0 Å². The van der Waals surface area contributed by atoms with Crippen LogP contribution < -0.4 is 5.32 Å². The highest BCUT2D eigenvalue weighted by Crippen LogP contribution is 2.28. The first-order valence-electron chi connectivity index (χ1n) is 6.71.